The summed E-state index contributed by atoms with van der Waals surface area (Å²) in [7, 11) is 0. The first-order valence-electron chi connectivity index (χ1n) is 5.91. The lowest BCUT2D eigenvalue weighted by Crippen LogP contribution is -2.30. The second-order valence-electron chi connectivity index (χ2n) is 4.83. The largest absolute Gasteiger partial charge is 0.389 e. The molecule has 1 N–H and O–H groups in total. The highest BCUT2D eigenvalue weighted by Gasteiger charge is 2.21. The van der Waals surface area contributed by atoms with E-state index in [9.17, 15) is 9.50 Å². The maximum Gasteiger partial charge on any atom is 0.123 e. The maximum absolute atomic E-state index is 12.8. The lowest BCUT2D eigenvalue weighted by atomic mass is 9.90. The van der Waals surface area contributed by atoms with Crippen LogP contribution in [-0.2, 0) is 12.8 Å². The SMILES string of the molecule is CC(O)(Cc1ccncc1)Cc1ccc(F)cc1. The van der Waals surface area contributed by atoms with Crippen molar-refractivity contribution in [2.45, 2.75) is 25.4 Å². The van der Waals surface area contributed by atoms with Gasteiger partial charge in [-0.25, -0.2) is 4.39 Å². The van der Waals surface area contributed by atoms with Crippen molar-refractivity contribution in [1.82, 2.24) is 4.98 Å². The van der Waals surface area contributed by atoms with Gasteiger partial charge in [0, 0.05) is 25.2 Å². The predicted molar refractivity (Wildman–Crippen MR) is 68.7 cm³/mol. The third-order valence-corrected chi connectivity index (χ3v) is 2.83. The normalized spacial score (nSPS) is 14.2. The summed E-state index contributed by atoms with van der Waals surface area (Å²) in [6.45, 7) is 1.79. The highest BCUT2D eigenvalue weighted by atomic mass is 19.1. The quantitative estimate of drug-likeness (QED) is 0.898. The highest BCUT2D eigenvalue weighted by Crippen LogP contribution is 2.18. The minimum Gasteiger partial charge on any atom is -0.389 e. The number of hydrogen-bond acceptors (Lipinski definition) is 2. The Kier molecular flexibility index (Phi) is 3.72. The van der Waals surface area contributed by atoms with E-state index in [0.29, 0.717) is 12.8 Å². The van der Waals surface area contributed by atoms with Gasteiger partial charge in [-0.3, -0.25) is 4.98 Å². The molecular weight excluding hydrogens is 229 g/mol. The topological polar surface area (TPSA) is 33.1 Å². The molecule has 94 valence electrons. The first-order chi connectivity index (χ1) is 8.55. The first kappa shape index (κ1) is 12.7. The van der Waals surface area contributed by atoms with Crippen LogP contribution in [0.25, 0.3) is 0 Å². The maximum atomic E-state index is 12.8. The Morgan fingerprint density at radius 3 is 2.06 bits per heavy atom. The van der Waals surface area contributed by atoms with Gasteiger partial charge in [-0.2, -0.15) is 0 Å². The van der Waals surface area contributed by atoms with Gasteiger partial charge in [-0.05, 0) is 42.3 Å². The molecule has 3 heteroatoms. The number of nitrogens with zero attached hydrogens (tertiary/aromatic N) is 1. The average Bonchev–Trinajstić information content (AvgIpc) is 2.32. The van der Waals surface area contributed by atoms with Gasteiger partial charge >= 0.3 is 0 Å². The van der Waals surface area contributed by atoms with Gasteiger partial charge in [0.05, 0.1) is 5.60 Å². The summed E-state index contributed by atoms with van der Waals surface area (Å²) in [4.78, 5) is 3.95. The van der Waals surface area contributed by atoms with E-state index in [1.807, 2.05) is 12.1 Å². The summed E-state index contributed by atoms with van der Waals surface area (Å²) in [5.41, 5.74) is 1.12. The van der Waals surface area contributed by atoms with Crippen molar-refractivity contribution in [2.24, 2.45) is 0 Å². The fourth-order valence-electron chi connectivity index (χ4n) is 2.04. The molecule has 1 aromatic heterocycles. The molecule has 0 fully saturated rings. The molecule has 0 aliphatic rings. The van der Waals surface area contributed by atoms with Crippen LogP contribution in [0.5, 0.6) is 0 Å². The number of benzene rings is 1. The number of pyridine rings is 1. The van der Waals surface area contributed by atoms with Crippen molar-refractivity contribution in [3.8, 4) is 0 Å². The van der Waals surface area contributed by atoms with E-state index in [4.69, 9.17) is 0 Å². The second-order valence-corrected chi connectivity index (χ2v) is 4.83. The van der Waals surface area contributed by atoms with Crippen LogP contribution in [0, 0.1) is 5.82 Å². The molecule has 2 nitrogen and oxygen atoms in total. The fraction of sp³-hybridized carbons (Fsp3) is 0.267. The Hall–Kier alpha value is -1.74. The van der Waals surface area contributed by atoms with Crippen LogP contribution in [0.3, 0.4) is 0 Å². The Morgan fingerprint density at radius 2 is 1.50 bits per heavy atom. The number of rotatable bonds is 4. The van der Waals surface area contributed by atoms with Gasteiger partial charge in [0.25, 0.3) is 0 Å². The van der Waals surface area contributed by atoms with Crippen LogP contribution in [0.4, 0.5) is 4.39 Å². The van der Waals surface area contributed by atoms with Gasteiger partial charge in [0.1, 0.15) is 5.82 Å². The van der Waals surface area contributed by atoms with Gasteiger partial charge in [0.15, 0.2) is 0 Å². The molecule has 1 unspecified atom stereocenters. The minimum atomic E-state index is -0.848. The molecule has 0 saturated carbocycles. The molecular formula is C15H16FNO. The van der Waals surface area contributed by atoms with E-state index < -0.39 is 5.60 Å². The molecule has 0 aliphatic heterocycles. The molecule has 0 bridgehead atoms. The van der Waals surface area contributed by atoms with E-state index in [0.717, 1.165) is 11.1 Å². The third kappa shape index (κ3) is 3.64. The molecule has 1 heterocycles. The lowest BCUT2D eigenvalue weighted by molar-refractivity contribution is 0.0608. The Morgan fingerprint density at radius 1 is 1.00 bits per heavy atom. The van der Waals surface area contributed by atoms with Gasteiger partial charge in [-0.1, -0.05) is 12.1 Å². The molecule has 0 saturated heterocycles. The lowest BCUT2D eigenvalue weighted by Gasteiger charge is -2.23. The molecule has 2 rings (SSSR count). The monoisotopic (exact) mass is 245 g/mol. The molecule has 0 spiro atoms. The molecule has 0 amide bonds. The molecule has 0 aliphatic carbocycles. The standard InChI is InChI=1S/C15H16FNO/c1-15(18,11-13-6-8-17-9-7-13)10-12-2-4-14(16)5-3-12/h2-9,18H,10-11H2,1H3. The van der Waals surface area contributed by atoms with Crippen LogP contribution in [-0.4, -0.2) is 15.7 Å². The van der Waals surface area contributed by atoms with Crippen LogP contribution < -0.4 is 0 Å². The van der Waals surface area contributed by atoms with Crippen molar-refractivity contribution in [3.63, 3.8) is 0 Å². The molecule has 2 aromatic rings. The van der Waals surface area contributed by atoms with E-state index in [1.165, 1.54) is 12.1 Å². The first-order valence-corrected chi connectivity index (χ1v) is 5.91. The Labute approximate surface area is 106 Å². The van der Waals surface area contributed by atoms with Crippen molar-refractivity contribution < 1.29 is 9.50 Å². The van der Waals surface area contributed by atoms with E-state index in [-0.39, 0.29) is 5.82 Å². The summed E-state index contributed by atoms with van der Waals surface area (Å²) in [6, 6.07) is 10.0. The third-order valence-electron chi connectivity index (χ3n) is 2.83. The summed E-state index contributed by atoms with van der Waals surface area (Å²) in [5, 5.41) is 10.4. The van der Waals surface area contributed by atoms with Crippen molar-refractivity contribution >= 4 is 0 Å². The summed E-state index contributed by atoms with van der Waals surface area (Å²) in [6.07, 6.45) is 4.47. The van der Waals surface area contributed by atoms with Crippen molar-refractivity contribution in [3.05, 3.63) is 65.7 Å². The van der Waals surface area contributed by atoms with Crippen molar-refractivity contribution in [1.29, 1.82) is 0 Å². The van der Waals surface area contributed by atoms with Crippen molar-refractivity contribution in [2.75, 3.05) is 0 Å². The molecule has 0 radical (unpaired) electrons. The van der Waals surface area contributed by atoms with E-state index in [2.05, 4.69) is 4.98 Å². The summed E-state index contributed by atoms with van der Waals surface area (Å²) < 4.78 is 12.8. The Balaban J connectivity index is 2.05. The number of aliphatic hydroxyl groups is 1. The highest BCUT2D eigenvalue weighted by molar-refractivity contribution is 5.20. The Bertz CT molecular complexity index is 494. The van der Waals surface area contributed by atoms with Crippen LogP contribution in [0.1, 0.15) is 18.1 Å². The second kappa shape index (κ2) is 5.27. The van der Waals surface area contributed by atoms with Gasteiger partial charge in [0.2, 0.25) is 0 Å². The zero-order valence-electron chi connectivity index (χ0n) is 10.3. The van der Waals surface area contributed by atoms with Crippen LogP contribution in [0.2, 0.25) is 0 Å². The molecule has 1 atom stereocenters. The minimum absolute atomic E-state index is 0.257. The molecule has 18 heavy (non-hydrogen) atoms. The zero-order valence-corrected chi connectivity index (χ0v) is 10.3. The zero-order chi connectivity index (χ0) is 13.0. The number of hydrogen-bond donors (Lipinski definition) is 1. The van der Waals surface area contributed by atoms with Gasteiger partial charge in [-0.15, -0.1) is 0 Å². The van der Waals surface area contributed by atoms with Crippen LogP contribution >= 0.6 is 0 Å². The van der Waals surface area contributed by atoms with E-state index >= 15 is 0 Å². The predicted octanol–water partition coefficient (Wildman–Crippen LogP) is 2.76. The number of aromatic nitrogens is 1. The average molecular weight is 245 g/mol. The van der Waals surface area contributed by atoms with E-state index in [1.54, 1.807) is 31.5 Å². The summed E-state index contributed by atoms with van der Waals surface area (Å²) >= 11 is 0. The smallest absolute Gasteiger partial charge is 0.123 e. The summed E-state index contributed by atoms with van der Waals surface area (Å²) in [5.74, 6) is -0.257. The number of halogens is 1. The molecule has 1 aromatic carbocycles. The van der Waals surface area contributed by atoms with Crippen LogP contribution in [0.15, 0.2) is 48.8 Å². The van der Waals surface area contributed by atoms with Gasteiger partial charge < -0.3 is 5.11 Å². The fourth-order valence-corrected chi connectivity index (χ4v) is 2.04.